The molecule has 3 nitrogen and oxygen atoms in total. The van der Waals surface area contributed by atoms with Gasteiger partial charge in [0.15, 0.2) is 0 Å². The SMILES string of the molecule is CCc1ccc(-n2nc(-c3ccccc3)c3c2NCCCC3)cc1. The zero-order chi connectivity index (χ0) is 16.4. The first-order chi connectivity index (χ1) is 11.9. The lowest BCUT2D eigenvalue weighted by molar-refractivity contribution is 0.780. The zero-order valence-corrected chi connectivity index (χ0v) is 14.1. The fraction of sp³-hybridized carbons (Fsp3) is 0.286. The highest BCUT2D eigenvalue weighted by molar-refractivity contribution is 5.71. The van der Waals surface area contributed by atoms with Crippen LogP contribution in [0.3, 0.4) is 0 Å². The lowest BCUT2D eigenvalue weighted by Crippen LogP contribution is -2.07. The van der Waals surface area contributed by atoms with Gasteiger partial charge in [0.25, 0.3) is 0 Å². The van der Waals surface area contributed by atoms with Gasteiger partial charge in [0, 0.05) is 17.7 Å². The van der Waals surface area contributed by atoms with Crippen LogP contribution in [0.15, 0.2) is 54.6 Å². The van der Waals surface area contributed by atoms with E-state index in [4.69, 9.17) is 5.10 Å². The van der Waals surface area contributed by atoms with Crippen LogP contribution in [0.1, 0.15) is 30.9 Å². The van der Waals surface area contributed by atoms with Crippen molar-refractivity contribution in [1.29, 1.82) is 0 Å². The molecule has 1 aliphatic heterocycles. The average Bonchev–Trinajstić information content (AvgIpc) is 2.84. The molecule has 3 aromatic rings. The summed E-state index contributed by atoms with van der Waals surface area (Å²) in [4.78, 5) is 0. The molecule has 0 saturated carbocycles. The van der Waals surface area contributed by atoms with Crippen molar-refractivity contribution in [3.05, 3.63) is 65.7 Å². The first-order valence-corrected chi connectivity index (χ1v) is 8.87. The monoisotopic (exact) mass is 317 g/mol. The van der Waals surface area contributed by atoms with Crippen LogP contribution in [0.5, 0.6) is 0 Å². The quantitative estimate of drug-likeness (QED) is 0.748. The zero-order valence-electron chi connectivity index (χ0n) is 14.1. The predicted molar refractivity (Wildman–Crippen MR) is 99.8 cm³/mol. The van der Waals surface area contributed by atoms with E-state index < -0.39 is 0 Å². The minimum absolute atomic E-state index is 1.01. The molecule has 0 radical (unpaired) electrons. The lowest BCUT2D eigenvalue weighted by atomic mass is 10.0. The van der Waals surface area contributed by atoms with Crippen LogP contribution >= 0.6 is 0 Å². The number of hydrogen-bond acceptors (Lipinski definition) is 2. The van der Waals surface area contributed by atoms with Crippen molar-refractivity contribution >= 4 is 5.82 Å². The Balaban J connectivity index is 1.86. The molecule has 2 aromatic carbocycles. The molecule has 0 spiro atoms. The normalized spacial score (nSPS) is 13.9. The molecule has 0 amide bonds. The van der Waals surface area contributed by atoms with Crippen LogP contribution in [-0.2, 0) is 12.8 Å². The summed E-state index contributed by atoms with van der Waals surface area (Å²) in [5.74, 6) is 1.16. The van der Waals surface area contributed by atoms with Crippen LogP contribution in [0.4, 0.5) is 5.82 Å². The van der Waals surface area contributed by atoms with Crippen molar-refractivity contribution in [3.8, 4) is 16.9 Å². The lowest BCUT2D eigenvalue weighted by Gasteiger charge is -2.09. The average molecular weight is 317 g/mol. The molecule has 1 aromatic heterocycles. The van der Waals surface area contributed by atoms with E-state index in [1.165, 1.54) is 29.5 Å². The molecule has 0 aliphatic carbocycles. The molecule has 122 valence electrons. The molecule has 0 fully saturated rings. The first kappa shape index (κ1) is 15.0. The van der Waals surface area contributed by atoms with Crippen molar-refractivity contribution in [2.24, 2.45) is 0 Å². The van der Waals surface area contributed by atoms with E-state index in [9.17, 15) is 0 Å². The number of aromatic nitrogens is 2. The van der Waals surface area contributed by atoms with Gasteiger partial charge in [-0.2, -0.15) is 5.10 Å². The third kappa shape index (κ3) is 2.71. The van der Waals surface area contributed by atoms with E-state index >= 15 is 0 Å². The third-order valence-corrected chi connectivity index (χ3v) is 4.77. The highest BCUT2D eigenvalue weighted by atomic mass is 15.3. The van der Waals surface area contributed by atoms with Crippen molar-refractivity contribution < 1.29 is 0 Å². The fourth-order valence-electron chi connectivity index (χ4n) is 3.39. The predicted octanol–water partition coefficient (Wildman–Crippen LogP) is 4.85. The van der Waals surface area contributed by atoms with Gasteiger partial charge >= 0.3 is 0 Å². The summed E-state index contributed by atoms with van der Waals surface area (Å²) in [5.41, 5.74) is 6.13. The maximum atomic E-state index is 4.98. The van der Waals surface area contributed by atoms with Gasteiger partial charge in [-0.15, -0.1) is 0 Å². The molecular weight excluding hydrogens is 294 g/mol. The van der Waals surface area contributed by atoms with E-state index in [1.54, 1.807) is 0 Å². The number of hydrogen-bond donors (Lipinski definition) is 1. The Kier molecular flexibility index (Phi) is 4.08. The Morgan fingerprint density at radius 2 is 1.79 bits per heavy atom. The van der Waals surface area contributed by atoms with Gasteiger partial charge in [-0.05, 0) is 43.4 Å². The van der Waals surface area contributed by atoms with Gasteiger partial charge in [-0.1, -0.05) is 49.4 Å². The summed E-state index contributed by atoms with van der Waals surface area (Å²) >= 11 is 0. The number of aryl methyl sites for hydroxylation is 1. The van der Waals surface area contributed by atoms with Crippen molar-refractivity contribution in [3.63, 3.8) is 0 Å². The Morgan fingerprint density at radius 3 is 2.54 bits per heavy atom. The van der Waals surface area contributed by atoms with Gasteiger partial charge in [0.05, 0.1) is 11.4 Å². The maximum absolute atomic E-state index is 4.98. The molecular formula is C21H23N3. The second-order valence-electron chi connectivity index (χ2n) is 6.36. The third-order valence-electron chi connectivity index (χ3n) is 4.77. The Bertz CT molecular complexity index is 816. The van der Waals surface area contributed by atoms with Crippen LogP contribution < -0.4 is 5.32 Å². The molecule has 1 N–H and O–H groups in total. The number of nitrogens with one attached hydrogen (secondary N) is 1. The minimum Gasteiger partial charge on any atom is -0.370 e. The molecule has 0 unspecified atom stereocenters. The summed E-state index contributed by atoms with van der Waals surface area (Å²) in [7, 11) is 0. The first-order valence-electron chi connectivity index (χ1n) is 8.87. The van der Waals surface area contributed by atoms with Gasteiger partial charge < -0.3 is 5.32 Å². The summed E-state index contributed by atoms with van der Waals surface area (Å²) in [6.45, 7) is 3.20. The number of nitrogens with zero attached hydrogens (tertiary/aromatic N) is 2. The molecule has 4 rings (SSSR count). The van der Waals surface area contributed by atoms with Gasteiger partial charge in [0.1, 0.15) is 5.82 Å². The minimum atomic E-state index is 1.01. The van der Waals surface area contributed by atoms with Crippen molar-refractivity contribution in [2.75, 3.05) is 11.9 Å². The molecule has 3 heteroatoms. The number of anilines is 1. The van der Waals surface area contributed by atoms with Crippen molar-refractivity contribution in [2.45, 2.75) is 32.6 Å². The fourth-order valence-corrected chi connectivity index (χ4v) is 3.39. The van der Waals surface area contributed by atoms with Crippen LogP contribution in [-0.4, -0.2) is 16.3 Å². The largest absolute Gasteiger partial charge is 0.370 e. The molecule has 0 saturated heterocycles. The second-order valence-corrected chi connectivity index (χ2v) is 6.36. The number of benzene rings is 2. The highest BCUT2D eigenvalue weighted by Gasteiger charge is 2.21. The van der Waals surface area contributed by atoms with E-state index in [1.807, 2.05) is 0 Å². The molecule has 1 aliphatic rings. The summed E-state index contributed by atoms with van der Waals surface area (Å²) in [6, 6.07) is 19.3. The van der Waals surface area contributed by atoms with Crippen molar-refractivity contribution in [1.82, 2.24) is 9.78 Å². The second kappa shape index (κ2) is 6.52. The van der Waals surface area contributed by atoms with E-state index in [0.717, 1.165) is 36.6 Å². The Hall–Kier alpha value is -2.55. The highest BCUT2D eigenvalue weighted by Crippen LogP contribution is 2.33. The van der Waals surface area contributed by atoms with E-state index in [2.05, 4.69) is 71.5 Å². The van der Waals surface area contributed by atoms with Crippen LogP contribution in [0, 0.1) is 0 Å². The number of rotatable bonds is 3. The number of fused-ring (bicyclic) bond motifs is 1. The summed E-state index contributed by atoms with van der Waals surface area (Å²) < 4.78 is 2.09. The standard InChI is InChI=1S/C21H23N3/c1-2-16-11-13-18(14-12-16)24-21-19(10-6-7-15-22-21)20(23-24)17-8-4-3-5-9-17/h3-5,8-9,11-14,22H,2,6-7,10,15H2,1H3. The van der Waals surface area contributed by atoms with Gasteiger partial charge in [0.2, 0.25) is 0 Å². The molecule has 2 heterocycles. The van der Waals surface area contributed by atoms with E-state index in [0.29, 0.717) is 0 Å². The van der Waals surface area contributed by atoms with Gasteiger partial charge in [-0.25, -0.2) is 4.68 Å². The van der Waals surface area contributed by atoms with Crippen LogP contribution in [0.25, 0.3) is 16.9 Å². The molecule has 24 heavy (non-hydrogen) atoms. The topological polar surface area (TPSA) is 29.9 Å². The molecule has 0 bridgehead atoms. The van der Waals surface area contributed by atoms with Gasteiger partial charge in [-0.3, -0.25) is 0 Å². The molecule has 0 atom stereocenters. The Labute approximate surface area is 143 Å². The van der Waals surface area contributed by atoms with Crippen LogP contribution in [0.2, 0.25) is 0 Å². The van der Waals surface area contributed by atoms with E-state index in [-0.39, 0.29) is 0 Å². The summed E-state index contributed by atoms with van der Waals surface area (Å²) in [5, 5.41) is 8.60. The Morgan fingerprint density at radius 1 is 1.00 bits per heavy atom. The summed E-state index contributed by atoms with van der Waals surface area (Å²) in [6.07, 6.45) is 4.56. The maximum Gasteiger partial charge on any atom is 0.133 e. The smallest absolute Gasteiger partial charge is 0.133 e.